The van der Waals surface area contributed by atoms with Crippen LogP contribution in [0.3, 0.4) is 0 Å². The molecule has 9 nitrogen and oxygen atoms in total. The third kappa shape index (κ3) is 6.09. The summed E-state index contributed by atoms with van der Waals surface area (Å²) in [4.78, 5) is 57.1. The van der Waals surface area contributed by atoms with Gasteiger partial charge in [-0.2, -0.15) is 13.2 Å². The van der Waals surface area contributed by atoms with E-state index in [2.05, 4.69) is 5.32 Å². The highest BCUT2D eigenvalue weighted by atomic mass is 19.4. The highest BCUT2D eigenvalue weighted by Crippen LogP contribution is 2.42. The number of piperidine rings is 1. The molecule has 44 heavy (non-hydrogen) atoms. The molecule has 2 aromatic carbocycles. The Balaban J connectivity index is 1.33. The maximum absolute atomic E-state index is 14.4. The van der Waals surface area contributed by atoms with E-state index in [1.54, 1.807) is 26.0 Å². The molecule has 0 radical (unpaired) electrons. The second-order valence-electron chi connectivity index (χ2n) is 12.1. The van der Waals surface area contributed by atoms with Gasteiger partial charge in [0.05, 0.1) is 23.4 Å². The molecule has 1 unspecified atom stereocenters. The van der Waals surface area contributed by atoms with E-state index >= 15 is 0 Å². The Morgan fingerprint density at radius 2 is 1.68 bits per heavy atom. The van der Waals surface area contributed by atoms with E-state index in [4.69, 9.17) is 0 Å². The number of carboxylic acid groups (broad SMARTS) is 1. The van der Waals surface area contributed by atoms with Crippen LogP contribution in [0, 0.1) is 17.7 Å². The van der Waals surface area contributed by atoms with Crippen LogP contribution in [0.5, 0.6) is 0 Å². The molecule has 2 heterocycles. The SMILES string of the molecule is CC(C)C(NC(=O)c1cc(C(F)(F)F)ccc1F)C(=O)N1CCC2(CC1)C(=O)N(CC1CC1)CN2c1ccc(C(=O)O)cc1. The summed E-state index contributed by atoms with van der Waals surface area (Å²) in [7, 11) is 0. The second-order valence-corrected chi connectivity index (χ2v) is 12.1. The van der Waals surface area contributed by atoms with Crippen molar-refractivity contribution in [2.45, 2.75) is 57.3 Å². The molecular weight excluding hydrogens is 584 g/mol. The van der Waals surface area contributed by atoms with Crippen molar-refractivity contribution in [3.05, 3.63) is 65.0 Å². The predicted molar refractivity (Wildman–Crippen MR) is 151 cm³/mol. The largest absolute Gasteiger partial charge is 0.478 e. The highest BCUT2D eigenvalue weighted by Gasteiger charge is 2.55. The van der Waals surface area contributed by atoms with Crippen molar-refractivity contribution >= 4 is 29.4 Å². The van der Waals surface area contributed by atoms with Gasteiger partial charge in [0.15, 0.2) is 0 Å². The van der Waals surface area contributed by atoms with E-state index in [-0.39, 0.29) is 37.4 Å². The highest BCUT2D eigenvalue weighted by molar-refractivity contribution is 5.98. The molecule has 3 fully saturated rings. The Morgan fingerprint density at radius 1 is 1.05 bits per heavy atom. The van der Waals surface area contributed by atoms with Crippen LogP contribution in [0.25, 0.3) is 0 Å². The lowest BCUT2D eigenvalue weighted by Crippen LogP contribution is -2.60. The fraction of sp³-hybridized carbons (Fsp3) is 0.484. The first-order chi connectivity index (χ1) is 20.7. The van der Waals surface area contributed by atoms with E-state index in [1.807, 2.05) is 9.80 Å². The molecule has 1 spiro atoms. The molecule has 0 bridgehead atoms. The molecule has 3 amide bonds. The van der Waals surface area contributed by atoms with Gasteiger partial charge in [0.25, 0.3) is 5.91 Å². The molecule has 236 valence electrons. The summed E-state index contributed by atoms with van der Waals surface area (Å²) in [6.07, 6.45) is -2.11. The molecule has 1 aliphatic carbocycles. The van der Waals surface area contributed by atoms with Crippen LogP contribution < -0.4 is 10.2 Å². The molecule has 13 heteroatoms. The van der Waals surface area contributed by atoms with Crippen molar-refractivity contribution in [1.29, 1.82) is 0 Å². The fourth-order valence-corrected chi connectivity index (χ4v) is 6.03. The Kier molecular flexibility index (Phi) is 8.34. The number of carbonyl (C=O) groups is 4. The topological polar surface area (TPSA) is 110 Å². The summed E-state index contributed by atoms with van der Waals surface area (Å²) >= 11 is 0. The zero-order valence-corrected chi connectivity index (χ0v) is 24.4. The minimum absolute atomic E-state index is 0.0486. The zero-order chi connectivity index (χ0) is 32.0. The molecule has 2 N–H and O–H groups in total. The first-order valence-electron chi connectivity index (χ1n) is 14.6. The van der Waals surface area contributed by atoms with Crippen molar-refractivity contribution in [2.75, 3.05) is 31.2 Å². The van der Waals surface area contributed by atoms with Gasteiger partial charge in [0.1, 0.15) is 17.4 Å². The lowest BCUT2D eigenvalue weighted by atomic mass is 9.84. The van der Waals surface area contributed by atoms with Gasteiger partial charge in [-0.15, -0.1) is 0 Å². The van der Waals surface area contributed by atoms with Gasteiger partial charge in [0, 0.05) is 25.3 Å². The molecule has 5 rings (SSSR count). The number of carbonyl (C=O) groups excluding carboxylic acids is 3. The van der Waals surface area contributed by atoms with Crippen molar-refractivity contribution in [2.24, 2.45) is 11.8 Å². The zero-order valence-electron chi connectivity index (χ0n) is 24.4. The Labute approximate surface area is 251 Å². The van der Waals surface area contributed by atoms with Crippen LogP contribution >= 0.6 is 0 Å². The van der Waals surface area contributed by atoms with Crippen molar-refractivity contribution in [1.82, 2.24) is 15.1 Å². The van der Waals surface area contributed by atoms with Crippen LogP contribution in [0.2, 0.25) is 0 Å². The fourth-order valence-electron chi connectivity index (χ4n) is 6.03. The summed E-state index contributed by atoms with van der Waals surface area (Å²) in [5.74, 6) is -3.88. The van der Waals surface area contributed by atoms with Crippen molar-refractivity contribution < 1.29 is 41.8 Å². The van der Waals surface area contributed by atoms with Crippen LogP contribution in [-0.4, -0.2) is 76.5 Å². The number of nitrogens with one attached hydrogen (secondary N) is 1. The Morgan fingerprint density at radius 3 is 2.23 bits per heavy atom. The smallest absolute Gasteiger partial charge is 0.416 e. The van der Waals surface area contributed by atoms with Gasteiger partial charge < -0.3 is 25.1 Å². The molecule has 1 saturated carbocycles. The van der Waals surface area contributed by atoms with Crippen molar-refractivity contribution in [3.8, 4) is 0 Å². The quantitative estimate of drug-likeness (QED) is 0.426. The number of amides is 3. The second kappa shape index (κ2) is 11.7. The van der Waals surface area contributed by atoms with Gasteiger partial charge in [-0.25, -0.2) is 9.18 Å². The summed E-state index contributed by atoms with van der Waals surface area (Å²) in [5.41, 5.74) is -2.13. The number of hydrogen-bond donors (Lipinski definition) is 2. The Bertz CT molecular complexity index is 1450. The van der Waals surface area contributed by atoms with Crippen LogP contribution in [0.4, 0.5) is 23.2 Å². The van der Waals surface area contributed by atoms with Gasteiger partial charge in [-0.1, -0.05) is 13.8 Å². The first-order valence-corrected chi connectivity index (χ1v) is 14.6. The number of benzene rings is 2. The van der Waals surface area contributed by atoms with E-state index < -0.39 is 58.4 Å². The lowest BCUT2D eigenvalue weighted by Gasteiger charge is -2.44. The summed E-state index contributed by atoms with van der Waals surface area (Å²) in [5, 5.41) is 11.7. The summed E-state index contributed by atoms with van der Waals surface area (Å²) in [6, 6.07) is 6.72. The summed E-state index contributed by atoms with van der Waals surface area (Å²) < 4.78 is 53.9. The van der Waals surface area contributed by atoms with Crippen LogP contribution in [-0.2, 0) is 15.8 Å². The molecule has 1 atom stereocenters. The molecule has 2 aliphatic heterocycles. The van der Waals surface area contributed by atoms with Gasteiger partial charge in [0.2, 0.25) is 11.8 Å². The number of anilines is 1. The van der Waals surface area contributed by atoms with Gasteiger partial charge in [-0.3, -0.25) is 14.4 Å². The van der Waals surface area contributed by atoms with Crippen LogP contribution in [0.15, 0.2) is 42.5 Å². The summed E-state index contributed by atoms with van der Waals surface area (Å²) in [6.45, 7) is 4.62. The lowest BCUT2D eigenvalue weighted by molar-refractivity contribution is -0.140. The third-order valence-corrected chi connectivity index (χ3v) is 8.78. The van der Waals surface area contributed by atoms with E-state index in [0.29, 0.717) is 43.0 Å². The van der Waals surface area contributed by atoms with E-state index in [0.717, 1.165) is 12.8 Å². The number of alkyl halides is 3. The predicted octanol–water partition coefficient (Wildman–Crippen LogP) is 4.37. The number of nitrogens with zero attached hydrogens (tertiary/aromatic N) is 3. The standard InChI is InChI=1S/C31H34F4N4O5/c1-18(2)25(36-26(40)23-15-21(31(33,34)35)7-10-24(23)32)27(41)37-13-11-30(12-14-37)29(44)38(16-19-3-4-19)17-39(30)22-8-5-20(6-9-22)28(42)43/h5-10,15,18-19,25H,3-4,11-14,16-17H2,1-2H3,(H,36,40)(H,42,43). The maximum Gasteiger partial charge on any atom is 0.416 e. The maximum atomic E-state index is 14.4. The molecule has 2 saturated heterocycles. The number of rotatable bonds is 8. The molecule has 3 aliphatic rings. The average Bonchev–Trinajstić information content (AvgIpc) is 3.76. The third-order valence-electron chi connectivity index (χ3n) is 8.78. The Hall–Kier alpha value is -4.16. The number of aromatic carboxylic acids is 1. The van der Waals surface area contributed by atoms with Gasteiger partial charge in [-0.05, 0) is 80.0 Å². The first kappa shape index (κ1) is 31.3. The van der Waals surface area contributed by atoms with Crippen LogP contribution in [0.1, 0.15) is 65.8 Å². The van der Waals surface area contributed by atoms with Gasteiger partial charge >= 0.3 is 12.1 Å². The minimum atomic E-state index is -4.78. The number of hydrogen-bond acceptors (Lipinski definition) is 5. The number of halogens is 4. The minimum Gasteiger partial charge on any atom is -0.478 e. The van der Waals surface area contributed by atoms with Crippen molar-refractivity contribution in [3.63, 3.8) is 0 Å². The van der Waals surface area contributed by atoms with E-state index in [9.17, 15) is 41.8 Å². The molecule has 2 aromatic rings. The number of carboxylic acids is 1. The van der Waals surface area contributed by atoms with E-state index in [1.165, 1.54) is 17.0 Å². The average molecular weight is 619 g/mol. The molecular formula is C31H34F4N4O5. The monoisotopic (exact) mass is 618 g/mol. The normalized spacial score (nSPS) is 19.1. The number of likely N-dealkylation sites (tertiary alicyclic amines) is 1. The molecule has 0 aromatic heterocycles.